The number of rotatable bonds is 2. The third kappa shape index (κ3) is 2.82. The number of anilines is 1. The maximum atomic E-state index is 12.9. The van der Waals surface area contributed by atoms with E-state index in [0.29, 0.717) is 0 Å². The molecule has 0 unspecified atom stereocenters. The van der Waals surface area contributed by atoms with Crippen molar-refractivity contribution in [3.05, 3.63) is 83.2 Å². The lowest BCUT2D eigenvalue weighted by Gasteiger charge is -2.18. The fourth-order valence-electron chi connectivity index (χ4n) is 3.37. The summed E-state index contributed by atoms with van der Waals surface area (Å²) in [6, 6.07) is 16.3. The van der Waals surface area contributed by atoms with Crippen molar-refractivity contribution in [3.63, 3.8) is 0 Å². The van der Waals surface area contributed by atoms with Gasteiger partial charge in [0.15, 0.2) is 0 Å². The fraction of sp³-hybridized carbons (Fsp3) is 0.182. The molecule has 0 N–H and O–H groups in total. The molecule has 3 aromatic rings. The lowest BCUT2D eigenvalue weighted by atomic mass is 10.0. The van der Waals surface area contributed by atoms with Crippen LogP contribution in [0.1, 0.15) is 27.0 Å². The highest BCUT2D eigenvalue weighted by Crippen LogP contribution is 2.33. The van der Waals surface area contributed by atoms with Crippen LogP contribution < -0.4 is 4.90 Å². The molecule has 3 nitrogen and oxygen atoms in total. The van der Waals surface area contributed by atoms with E-state index in [4.69, 9.17) is 0 Å². The van der Waals surface area contributed by atoms with Gasteiger partial charge < -0.3 is 4.90 Å². The highest BCUT2D eigenvalue weighted by Gasteiger charge is 2.26. The molecule has 0 bridgehead atoms. The standard InChI is InChI=1S/C22H20N2O/c1-15-3-4-20(13-16(15)2)22(25)24-12-9-19-14-18(5-6-21(19)24)17-7-10-23-11-8-17/h3-8,10-11,13-14H,9,12H2,1-2H3. The van der Waals surface area contributed by atoms with Crippen LogP contribution >= 0.6 is 0 Å². The number of nitrogens with zero attached hydrogens (tertiary/aromatic N) is 2. The maximum absolute atomic E-state index is 12.9. The molecule has 1 aliphatic rings. The molecule has 25 heavy (non-hydrogen) atoms. The number of hydrogen-bond acceptors (Lipinski definition) is 2. The summed E-state index contributed by atoms with van der Waals surface area (Å²) in [6.45, 7) is 4.85. The first-order valence-electron chi connectivity index (χ1n) is 8.56. The van der Waals surface area contributed by atoms with Crippen LogP contribution in [0.3, 0.4) is 0 Å². The Hall–Kier alpha value is -2.94. The molecule has 0 saturated carbocycles. The summed E-state index contributed by atoms with van der Waals surface area (Å²) in [5.41, 5.74) is 7.69. The molecule has 1 aromatic heterocycles. The van der Waals surface area contributed by atoms with E-state index in [1.54, 1.807) is 12.4 Å². The zero-order valence-corrected chi connectivity index (χ0v) is 14.5. The lowest BCUT2D eigenvalue weighted by Crippen LogP contribution is -2.28. The Morgan fingerprint density at radius 1 is 0.920 bits per heavy atom. The third-order valence-corrected chi connectivity index (χ3v) is 4.99. The molecule has 0 fully saturated rings. The smallest absolute Gasteiger partial charge is 0.258 e. The molecular formula is C22H20N2O. The fourth-order valence-corrected chi connectivity index (χ4v) is 3.37. The molecule has 4 rings (SSSR count). The van der Waals surface area contributed by atoms with Crippen LogP contribution in [0.2, 0.25) is 0 Å². The summed E-state index contributed by atoms with van der Waals surface area (Å²) in [7, 11) is 0. The van der Waals surface area contributed by atoms with Crippen molar-refractivity contribution >= 4 is 11.6 Å². The van der Waals surface area contributed by atoms with Crippen molar-refractivity contribution in [1.29, 1.82) is 0 Å². The molecule has 1 aliphatic heterocycles. The monoisotopic (exact) mass is 328 g/mol. The first kappa shape index (κ1) is 15.6. The van der Waals surface area contributed by atoms with Crippen molar-refractivity contribution in [1.82, 2.24) is 4.98 Å². The summed E-state index contributed by atoms with van der Waals surface area (Å²) >= 11 is 0. The van der Waals surface area contributed by atoms with Crippen molar-refractivity contribution in [2.24, 2.45) is 0 Å². The van der Waals surface area contributed by atoms with E-state index < -0.39 is 0 Å². The Balaban J connectivity index is 1.66. The molecule has 0 spiro atoms. The van der Waals surface area contributed by atoms with Crippen LogP contribution in [0.5, 0.6) is 0 Å². The largest absolute Gasteiger partial charge is 0.308 e. The zero-order valence-electron chi connectivity index (χ0n) is 14.5. The second kappa shape index (κ2) is 6.17. The van der Waals surface area contributed by atoms with Crippen molar-refractivity contribution in [3.8, 4) is 11.1 Å². The molecule has 1 amide bonds. The molecular weight excluding hydrogens is 308 g/mol. The molecule has 2 aromatic carbocycles. The first-order valence-corrected chi connectivity index (χ1v) is 8.56. The predicted molar refractivity (Wildman–Crippen MR) is 101 cm³/mol. The van der Waals surface area contributed by atoms with Gasteiger partial charge in [-0.15, -0.1) is 0 Å². The summed E-state index contributed by atoms with van der Waals surface area (Å²) in [6.07, 6.45) is 4.50. The van der Waals surface area contributed by atoms with E-state index >= 15 is 0 Å². The minimum Gasteiger partial charge on any atom is -0.308 e. The summed E-state index contributed by atoms with van der Waals surface area (Å²) in [5.74, 6) is 0.0820. The Kier molecular flexibility index (Phi) is 3.85. The van der Waals surface area contributed by atoms with Crippen molar-refractivity contribution < 1.29 is 4.79 Å². The van der Waals surface area contributed by atoms with Crippen molar-refractivity contribution in [2.75, 3.05) is 11.4 Å². The highest BCUT2D eigenvalue weighted by atomic mass is 16.2. The van der Waals surface area contributed by atoms with Gasteiger partial charge in [0.1, 0.15) is 0 Å². The Morgan fingerprint density at radius 2 is 1.72 bits per heavy atom. The normalized spacial score (nSPS) is 13.0. The minimum absolute atomic E-state index is 0.0820. The molecule has 0 radical (unpaired) electrons. The summed E-state index contributed by atoms with van der Waals surface area (Å²) in [4.78, 5) is 18.9. The molecule has 3 heteroatoms. The zero-order chi connectivity index (χ0) is 17.4. The van der Waals surface area contributed by atoms with E-state index in [9.17, 15) is 4.79 Å². The van der Waals surface area contributed by atoms with E-state index in [2.05, 4.69) is 30.1 Å². The van der Waals surface area contributed by atoms with Crippen LogP contribution in [0.25, 0.3) is 11.1 Å². The number of aromatic nitrogens is 1. The van der Waals surface area contributed by atoms with E-state index in [1.807, 2.05) is 42.2 Å². The first-order chi connectivity index (χ1) is 12.1. The molecule has 0 saturated heterocycles. The number of pyridine rings is 1. The van der Waals surface area contributed by atoms with Crippen molar-refractivity contribution in [2.45, 2.75) is 20.3 Å². The van der Waals surface area contributed by atoms with Gasteiger partial charge in [0, 0.05) is 30.2 Å². The number of fused-ring (bicyclic) bond motifs is 1. The maximum Gasteiger partial charge on any atom is 0.258 e. The Bertz CT molecular complexity index is 947. The number of carbonyl (C=O) groups is 1. The van der Waals surface area contributed by atoms with Gasteiger partial charge in [-0.25, -0.2) is 0 Å². The van der Waals surface area contributed by atoms with Crippen LogP contribution in [-0.2, 0) is 6.42 Å². The minimum atomic E-state index is 0.0820. The van der Waals surface area contributed by atoms with Gasteiger partial charge in [-0.1, -0.05) is 12.1 Å². The average Bonchev–Trinajstić information content (AvgIpc) is 3.07. The average molecular weight is 328 g/mol. The summed E-state index contributed by atoms with van der Waals surface area (Å²) in [5, 5.41) is 0. The quantitative estimate of drug-likeness (QED) is 0.690. The topological polar surface area (TPSA) is 33.2 Å². The van der Waals surface area contributed by atoms with Gasteiger partial charge in [-0.05, 0) is 84.5 Å². The Morgan fingerprint density at radius 3 is 2.48 bits per heavy atom. The number of hydrogen-bond donors (Lipinski definition) is 0. The van der Waals surface area contributed by atoms with Gasteiger partial charge in [0.2, 0.25) is 0 Å². The molecule has 2 heterocycles. The number of benzene rings is 2. The number of carbonyl (C=O) groups excluding carboxylic acids is 1. The SMILES string of the molecule is Cc1ccc(C(=O)N2CCc3cc(-c4ccncc4)ccc32)cc1C. The number of aryl methyl sites for hydroxylation is 2. The van der Waals surface area contributed by atoms with E-state index in [1.165, 1.54) is 16.7 Å². The second-order valence-electron chi connectivity index (χ2n) is 6.59. The van der Waals surface area contributed by atoms with E-state index in [0.717, 1.165) is 35.3 Å². The third-order valence-electron chi connectivity index (χ3n) is 4.99. The molecule has 0 aliphatic carbocycles. The number of amides is 1. The van der Waals surface area contributed by atoms with Gasteiger partial charge >= 0.3 is 0 Å². The van der Waals surface area contributed by atoms with Gasteiger partial charge in [0.25, 0.3) is 5.91 Å². The molecule has 124 valence electrons. The highest BCUT2D eigenvalue weighted by molar-refractivity contribution is 6.07. The van der Waals surface area contributed by atoms with Crippen LogP contribution in [-0.4, -0.2) is 17.4 Å². The molecule has 0 atom stereocenters. The second-order valence-corrected chi connectivity index (χ2v) is 6.59. The predicted octanol–water partition coefficient (Wildman–Crippen LogP) is 4.57. The van der Waals surface area contributed by atoms with Crippen LogP contribution in [0.15, 0.2) is 60.9 Å². The van der Waals surface area contributed by atoms with Gasteiger partial charge in [-0.2, -0.15) is 0 Å². The van der Waals surface area contributed by atoms with Gasteiger partial charge in [0.05, 0.1) is 0 Å². The van der Waals surface area contributed by atoms with E-state index in [-0.39, 0.29) is 5.91 Å². The van der Waals surface area contributed by atoms with Crippen LogP contribution in [0.4, 0.5) is 5.69 Å². The van der Waals surface area contributed by atoms with Gasteiger partial charge in [-0.3, -0.25) is 9.78 Å². The Labute approximate surface area is 148 Å². The lowest BCUT2D eigenvalue weighted by molar-refractivity contribution is 0.0989. The van der Waals surface area contributed by atoms with Crippen LogP contribution in [0, 0.1) is 13.8 Å². The summed E-state index contributed by atoms with van der Waals surface area (Å²) < 4.78 is 0.